The Morgan fingerprint density at radius 3 is 2.86 bits per heavy atom. The van der Waals surface area contributed by atoms with Gasteiger partial charge in [0.25, 0.3) is 5.56 Å². The van der Waals surface area contributed by atoms with E-state index in [2.05, 4.69) is 4.98 Å². The maximum absolute atomic E-state index is 12.4. The molecule has 0 aliphatic heterocycles. The number of hydrogen-bond acceptors (Lipinski definition) is 6. The number of esters is 1. The zero-order chi connectivity index (χ0) is 15.4. The van der Waals surface area contributed by atoms with Gasteiger partial charge in [-0.05, 0) is 26.3 Å². The number of ether oxygens (including phenoxy) is 2. The Hall–Kier alpha value is -1.73. The van der Waals surface area contributed by atoms with E-state index in [1.54, 1.807) is 0 Å². The van der Waals surface area contributed by atoms with E-state index >= 15 is 0 Å². The highest BCUT2D eigenvalue weighted by Gasteiger charge is 2.14. The molecule has 2 heterocycles. The molecule has 0 amide bonds. The number of fused-ring (bicyclic) bond motifs is 1. The lowest BCUT2D eigenvalue weighted by atomic mass is 10.2. The molecule has 7 heteroatoms. The molecule has 0 radical (unpaired) electrons. The first-order valence-electron chi connectivity index (χ1n) is 6.73. The zero-order valence-electron chi connectivity index (χ0n) is 12.3. The van der Waals surface area contributed by atoms with Crippen molar-refractivity contribution in [3.05, 3.63) is 27.1 Å². The summed E-state index contributed by atoms with van der Waals surface area (Å²) in [4.78, 5) is 30.1. The van der Waals surface area contributed by atoms with Crippen molar-refractivity contribution < 1.29 is 14.3 Å². The third-order valence-corrected chi connectivity index (χ3v) is 4.27. The molecule has 6 nitrogen and oxygen atoms in total. The maximum atomic E-state index is 12.4. The van der Waals surface area contributed by atoms with Crippen LogP contribution in [0.25, 0.3) is 10.2 Å². The lowest BCUT2D eigenvalue weighted by Crippen LogP contribution is -2.26. The second-order valence-corrected chi connectivity index (χ2v) is 5.76. The van der Waals surface area contributed by atoms with Crippen molar-refractivity contribution in [2.45, 2.75) is 27.3 Å². The molecule has 2 aromatic rings. The zero-order valence-corrected chi connectivity index (χ0v) is 13.2. The first kappa shape index (κ1) is 15.7. The van der Waals surface area contributed by atoms with Crippen LogP contribution in [-0.2, 0) is 20.8 Å². The average molecular weight is 310 g/mol. The highest BCUT2D eigenvalue weighted by Crippen LogP contribution is 2.25. The summed E-state index contributed by atoms with van der Waals surface area (Å²) < 4.78 is 11.4. The number of rotatable bonds is 6. The van der Waals surface area contributed by atoms with Crippen LogP contribution in [0.5, 0.6) is 0 Å². The lowest BCUT2D eigenvalue weighted by Gasteiger charge is -2.07. The van der Waals surface area contributed by atoms with E-state index in [0.29, 0.717) is 23.4 Å². The SMILES string of the molecule is CCOCCOC(=O)Cn1cnc2sc(C)c(C)c2c1=O. The van der Waals surface area contributed by atoms with E-state index in [4.69, 9.17) is 9.47 Å². The number of hydrogen-bond donors (Lipinski definition) is 0. The molecule has 114 valence electrons. The summed E-state index contributed by atoms with van der Waals surface area (Å²) in [5.41, 5.74) is 0.718. The minimum Gasteiger partial charge on any atom is -0.462 e. The third-order valence-electron chi connectivity index (χ3n) is 3.15. The smallest absolute Gasteiger partial charge is 0.326 e. The Bertz CT molecular complexity index is 705. The molecule has 2 rings (SSSR count). The standard InChI is InChI=1S/C14H18N2O4S/c1-4-19-5-6-20-11(17)7-16-8-15-13-12(14(16)18)9(2)10(3)21-13/h8H,4-7H2,1-3H3. The second-order valence-electron chi connectivity index (χ2n) is 4.56. The van der Waals surface area contributed by atoms with Gasteiger partial charge in [0.2, 0.25) is 0 Å². The summed E-state index contributed by atoms with van der Waals surface area (Å²) in [6, 6.07) is 0. The minimum atomic E-state index is -0.470. The van der Waals surface area contributed by atoms with Crippen molar-refractivity contribution in [3.8, 4) is 0 Å². The fraction of sp³-hybridized carbons (Fsp3) is 0.500. The van der Waals surface area contributed by atoms with Crippen molar-refractivity contribution in [2.75, 3.05) is 19.8 Å². The van der Waals surface area contributed by atoms with Gasteiger partial charge in [0, 0.05) is 11.5 Å². The van der Waals surface area contributed by atoms with Gasteiger partial charge in [0.15, 0.2) is 0 Å². The fourth-order valence-electron chi connectivity index (χ4n) is 1.93. The van der Waals surface area contributed by atoms with Gasteiger partial charge in [0.05, 0.1) is 18.3 Å². The maximum Gasteiger partial charge on any atom is 0.326 e. The van der Waals surface area contributed by atoms with Crippen molar-refractivity contribution >= 4 is 27.5 Å². The monoisotopic (exact) mass is 310 g/mol. The molecular weight excluding hydrogens is 292 g/mol. The Morgan fingerprint density at radius 2 is 2.14 bits per heavy atom. The number of carbonyl (C=O) groups excluding carboxylic acids is 1. The number of nitrogens with zero attached hydrogens (tertiary/aromatic N) is 2. The van der Waals surface area contributed by atoms with Crippen LogP contribution in [0.4, 0.5) is 0 Å². The summed E-state index contributed by atoms with van der Waals surface area (Å²) >= 11 is 1.48. The minimum absolute atomic E-state index is 0.137. The molecule has 0 saturated heterocycles. The van der Waals surface area contributed by atoms with E-state index < -0.39 is 5.97 Å². The summed E-state index contributed by atoms with van der Waals surface area (Å²) in [5.74, 6) is -0.470. The largest absolute Gasteiger partial charge is 0.462 e. The van der Waals surface area contributed by atoms with E-state index in [-0.39, 0.29) is 18.7 Å². The van der Waals surface area contributed by atoms with Crippen molar-refractivity contribution in [1.82, 2.24) is 9.55 Å². The molecule has 0 fully saturated rings. The first-order valence-corrected chi connectivity index (χ1v) is 7.54. The van der Waals surface area contributed by atoms with E-state index in [9.17, 15) is 9.59 Å². The van der Waals surface area contributed by atoms with Gasteiger partial charge in [-0.2, -0.15) is 0 Å². The normalized spacial score (nSPS) is 11.0. The van der Waals surface area contributed by atoms with Crippen LogP contribution in [0, 0.1) is 13.8 Å². The predicted octanol–water partition coefficient (Wildman–Crippen LogP) is 1.65. The Morgan fingerprint density at radius 1 is 1.38 bits per heavy atom. The summed E-state index contributed by atoms with van der Waals surface area (Å²) in [6.07, 6.45) is 1.39. The van der Waals surface area contributed by atoms with Crippen molar-refractivity contribution in [2.24, 2.45) is 0 Å². The molecule has 0 N–H and O–H groups in total. The van der Waals surface area contributed by atoms with Gasteiger partial charge in [-0.15, -0.1) is 11.3 Å². The highest BCUT2D eigenvalue weighted by molar-refractivity contribution is 7.18. The number of carbonyl (C=O) groups is 1. The number of aryl methyl sites for hydroxylation is 2. The van der Waals surface area contributed by atoms with Crippen LogP contribution in [0.1, 0.15) is 17.4 Å². The first-order chi connectivity index (χ1) is 10.0. The van der Waals surface area contributed by atoms with Crippen LogP contribution >= 0.6 is 11.3 Å². The molecule has 0 saturated carbocycles. The Labute approximate surface area is 126 Å². The van der Waals surface area contributed by atoms with Gasteiger partial charge < -0.3 is 9.47 Å². The predicted molar refractivity (Wildman–Crippen MR) is 80.8 cm³/mol. The summed E-state index contributed by atoms with van der Waals surface area (Å²) in [7, 11) is 0. The molecule has 21 heavy (non-hydrogen) atoms. The van der Waals surface area contributed by atoms with Crippen LogP contribution in [0.2, 0.25) is 0 Å². The number of aromatic nitrogens is 2. The molecule has 2 aromatic heterocycles. The van der Waals surface area contributed by atoms with E-state index in [1.165, 1.54) is 22.2 Å². The molecule has 0 atom stereocenters. The lowest BCUT2D eigenvalue weighted by molar-refractivity contribution is -0.145. The number of thiophene rings is 1. The van der Waals surface area contributed by atoms with Gasteiger partial charge in [-0.1, -0.05) is 0 Å². The third kappa shape index (κ3) is 3.48. The van der Waals surface area contributed by atoms with Crippen molar-refractivity contribution in [1.29, 1.82) is 0 Å². The molecule has 0 aromatic carbocycles. The average Bonchev–Trinajstić information content (AvgIpc) is 2.74. The molecular formula is C14H18N2O4S. The molecule has 0 spiro atoms. The van der Waals surface area contributed by atoms with E-state index in [1.807, 2.05) is 20.8 Å². The molecule has 0 bridgehead atoms. The van der Waals surface area contributed by atoms with Gasteiger partial charge >= 0.3 is 5.97 Å². The second kappa shape index (κ2) is 6.82. The van der Waals surface area contributed by atoms with Crippen LogP contribution in [0.3, 0.4) is 0 Å². The van der Waals surface area contributed by atoms with Crippen LogP contribution in [-0.4, -0.2) is 35.3 Å². The fourth-order valence-corrected chi connectivity index (χ4v) is 2.91. The molecule has 0 aliphatic carbocycles. The van der Waals surface area contributed by atoms with Crippen LogP contribution < -0.4 is 5.56 Å². The van der Waals surface area contributed by atoms with Gasteiger partial charge in [0.1, 0.15) is 18.0 Å². The highest BCUT2D eigenvalue weighted by atomic mass is 32.1. The van der Waals surface area contributed by atoms with E-state index in [0.717, 1.165) is 10.4 Å². The van der Waals surface area contributed by atoms with Crippen molar-refractivity contribution in [3.63, 3.8) is 0 Å². The van der Waals surface area contributed by atoms with Gasteiger partial charge in [-0.3, -0.25) is 14.2 Å². The molecule has 0 unspecified atom stereocenters. The Kier molecular flexibility index (Phi) is 5.08. The van der Waals surface area contributed by atoms with Gasteiger partial charge in [-0.25, -0.2) is 4.98 Å². The topological polar surface area (TPSA) is 70.4 Å². The quantitative estimate of drug-likeness (QED) is 0.599. The van der Waals surface area contributed by atoms with Crippen LogP contribution in [0.15, 0.2) is 11.1 Å². The Balaban J connectivity index is 2.12. The summed E-state index contributed by atoms with van der Waals surface area (Å²) in [6.45, 7) is 6.70. The molecule has 0 aliphatic rings. The summed E-state index contributed by atoms with van der Waals surface area (Å²) in [5, 5.41) is 0.585.